The summed E-state index contributed by atoms with van der Waals surface area (Å²) in [6.45, 7) is 0. The standard InChI is InChI=1S/C23H19BN2O5/c1-31-18-8-5-15(6-9-18)22(27)25-17-4-2-3-14(11-17)12-20-19-13-16(24(29)30)7-10-21(19)26-23(20)28/h2-13,29-30H,1H3,(H,25,27)(H,26,28). The van der Waals surface area contributed by atoms with Crippen molar-refractivity contribution < 1.29 is 24.4 Å². The summed E-state index contributed by atoms with van der Waals surface area (Å²) in [6, 6.07) is 18.6. The Morgan fingerprint density at radius 1 is 1.06 bits per heavy atom. The molecule has 4 rings (SSSR count). The Hall–Kier alpha value is -3.88. The second-order valence-corrected chi connectivity index (χ2v) is 7.00. The first-order chi connectivity index (χ1) is 14.9. The highest BCUT2D eigenvalue weighted by molar-refractivity contribution is 6.59. The van der Waals surface area contributed by atoms with Crippen molar-refractivity contribution in [1.82, 2.24) is 0 Å². The molecule has 0 spiro atoms. The van der Waals surface area contributed by atoms with Crippen LogP contribution < -0.4 is 20.8 Å². The Balaban J connectivity index is 1.59. The van der Waals surface area contributed by atoms with Gasteiger partial charge in [-0.05, 0) is 59.6 Å². The Bertz CT molecular complexity index is 1190. The fourth-order valence-electron chi connectivity index (χ4n) is 3.33. The smallest absolute Gasteiger partial charge is 0.488 e. The zero-order chi connectivity index (χ0) is 22.0. The van der Waals surface area contributed by atoms with E-state index in [1.54, 1.807) is 73.8 Å². The molecule has 1 heterocycles. The van der Waals surface area contributed by atoms with Gasteiger partial charge in [0.25, 0.3) is 11.8 Å². The van der Waals surface area contributed by atoms with E-state index < -0.39 is 7.12 Å². The molecule has 3 aromatic rings. The molecular weight excluding hydrogens is 395 g/mol. The number of fused-ring (bicyclic) bond motifs is 1. The highest BCUT2D eigenvalue weighted by Crippen LogP contribution is 2.32. The molecule has 8 heteroatoms. The first-order valence-electron chi connectivity index (χ1n) is 9.53. The molecule has 0 atom stereocenters. The molecule has 154 valence electrons. The van der Waals surface area contributed by atoms with Crippen molar-refractivity contribution in [2.75, 3.05) is 17.7 Å². The van der Waals surface area contributed by atoms with E-state index in [0.717, 1.165) is 0 Å². The van der Waals surface area contributed by atoms with Gasteiger partial charge in [-0.3, -0.25) is 9.59 Å². The summed E-state index contributed by atoms with van der Waals surface area (Å²) >= 11 is 0. The Morgan fingerprint density at radius 3 is 2.55 bits per heavy atom. The van der Waals surface area contributed by atoms with E-state index >= 15 is 0 Å². The van der Waals surface area contributed by atoms with Crippen molar-refractivity contribution in [3.63, 3.8) is 0 Å². The molecule has 2 amide bonds. The van der Waals surface area contributed by atoms with Gasteiger partial charge in [0, 0.05) is 28.1 Å². The van der Waals surface area contributed by atoms with Crippen LogP contribution in [0.1, 0.15) is 21.5 Å². The van der Waals surface area contributed by atoms with Crippen molar-refractivity contribution in [1.29, 1.82) is 0 Å². The summed E-state index contributed by atoms with van der Waals surface area (Å²) in [7, 11) is -0.0658. The molecule has 0 saturated carbocycles. The van der Waals surface area contributed by atoms with Crippen molar-refractivity contribution >= 4 is 47.4 Å². The van der Waals surface area contributed by atoms with Crippen molar-refractivity contribution in [3.05, 3.63) is 83.4 Å². The fourth-order valence-corrected chi connectivity index (χ4v) is 3.33. The van der Waals surface area contributed by atoms with Crippen LogP contribution in [0.3, 0.4) is 0 Å². The second-order valence-electron chi connectivity index (χ2n) is 7.00. The molecule has 3 aromatic carbocycles. The van der Waals surface area contributed by atoms with Gasteiger partial charge in [-0.2, -0.15) is 0 Å². The number of amides is 2. The third-order valence-corrected chi connectivity index (χ3v) is 4.93. The number of hydrogen-bond acceptors (Lipinski definition) is 5. The Morgan fingerprint density at radius 2 is 1.84 bits per heavy atom. The van der Waals surface area contributed by atoms with Crippen LogP contribution in [-0.2, 0) is 4.79 Å². The van der Waals surface area contributed by atoms with Gasteiger partial charge in [-0.1, -0.05) is 24.3 Å². The molecule has 0 aliphatic carbocycles. The van der Waals surface area contributed by atoms with E-state index in [0.29, 0.717) is 44.9 Å². The lowest BCUT2D eigenvalue weighted by Gasteiger charge is -2.07. The molecule has 4 N–H and O–H groups in total. The summed E-state index contributed by atoms with van der Waals surface area (Å²) < 4.78 is 5.10. The summed E-state index contributed by atoms with van der Waals surface area (Å²) in [4.78, 5) is 24.9. The van der Waals surface area contributed by atoms with Gasteiger partial charge in [0.05, 0.1) is 7.11 Å². The van der Waals surface area contributed by atoms with Crippen LogP contribution in [0.25, 0.3) is 11.6 Å². The molecule has 0 radical (unpaired) electrons. The lowest BCUT2D eigenvalue weighted by molar-refractivity contribution is -0.110. The van der Waals surface area contributed by atoms with Crippen molar-refractivity contribution in [3.8, 4) is 5.75 Å². The molecule has 0 fully saturated rings. The normalized spacial score (nSPS) is 13.5. The number of anilines is 2. The number of hydrogen-bond donors (Lipinski definition) is 4. The lowest BCUT2D eigenvalue weighted by atomic mass is 9.79. The van der Waals surface area contributed by atoms with Crippen LogP contribution in [0.15, 0.2) is 66.7 Å². The van der Waals surface area contributed by atoms with Gasteiger partial charge in [0.1, 0.15) is 5.75 Å². The first kappa shape index (κ1) is 20.4. The highest BCUT2D eigenvalue weighted by Gasteiger charge is 2.26. The molecule has 7 nitrogen and oxygen atoms in total. The predicted molar refractivity (Wildman–Crippen MR) is 120 cm³/mol. The number of nitrogens with one attached hydrogen (secondary N) is 2. The predicted octanol–water partition coefficient (Wildman–Crippen LogP) is 2.12. The fraction of sp³-hybridized carbons (Fsp3) is 0.0435. The van der Waals surface area contributed by atoms with E-state index in [1.165, 1.54) is 0 Å². The average molecular weight is 414 g/mol. The minimum Gasteiger partial charge on any atom is -0.497 e. The van der Waals surface area contributed by atoms with Gasteiger partial charge in [-0.15, -0.1) is 0 Å². The van der Waals surface area contributed by atoms with Crippen LogP contribution >= 0.6 is 0 Å². The van der Waals surface area contributed by atoms with Crippen LogP contribution in [-0.4, -0.2) is 36.1 Å². The minimum absolute atomic E-state index is 0.266. The molecule has 0 saturated heterocycles. The zero-order valence-corrected chi connectivity index (χ0v) is 16.6. The maximum absolute atomic E-state index is 12.5. The topological polar surface area (TPSA) is 108 Å². The molecule has 0 bridgehead atoms. The maximum Gasteiger partial charge on any atom is 0.488 e. The van der Waals surface area contributed by atoms with E-state index in [-0.39, 0.29) is 11.8 Å². The van der Waals surface area contributed by atoms with Crippen molar-refractivity contribution in [2.24, 2.45) is 0 Å². The monoisotopic (exact) mass is 414 g/mol. The SMILES string of the molecule is COc1ccc(C(=O)Nc2cccc(C=C3C(=O)Nc4ccc(B(O)O)cc43)c2)cc1. The summed E-state index contributed by atoms with van der Waals surface area (Å²) in [5.74, 6) is 0.113. The van der Waals surface area contributed by atoms with Crippen LogP contribution in [0.4, 0.5) is 11.4 Å². The first-order valence-corrected chi connectivity index (χ1v) is 9.53. The van der Waals surface area contributed by atoms with Crippen LogP contribution in [0.5, 0.6) is 5.75 Å². The average Bonchev–Trinajstić information content (AvgIpc) is 3.08. The molecular formula is C23H19BN2O5. The molecule has 1 aliphatic rings. The number of carbonyl (C=O) groups excluding carboxylic acids is 2. The summed E-state index contributed by atoms with van der Waals surface area (Å²) in [5, 5.41) is 24.4. The van der Waals surface area contributed by atoms with Gasteiger partial charge >= 0.3 is 7.12 Å². The van der Waals surface area contributed by atoms with Gasteiger partial charge in [0.15, 0.2) is 0 Å². The Kier molecular flexibility index (Phi) is 5.57. The third-order valence-electron chi connectivity index (χ3n) is 4.93. The van der Waals surface area contributed by atoms with Crippen molar-refractivity contribution in [2.45, 2.75) is 0 Å². The highest BCUT2D eigenvalue weighted by atomic mass is 16.5. The minimum atomic E-state index is -1.63. The summed E-state index contributed by atoms with van der Waals surface area (Å²) in [6.07, 6.45) is 1.69. The van der Waals surface area contributed by atoms with Gasteiger partial charge in [0.2, 0.25) is 0 Å². The summed E-state index contributed by atoms with van der Waals surface area (Å²) in [5.41, 5.74) is 3.66. The lowest BCUT2D eigenvalue weighted by Crippen LogP contribution is -2.29. The number of rotatable bonds is 5. The van der Waals surface area contributed by atoms with E-state index in [4.69, 9.17) is 4.74 Å². The third kappa shape index (κ3) is 4.35. The van der Waals surface area contributed by atoms with Gasteiger partial charge in [-0.25, -0.2) is 0 Å². The second kappa shape index (κ2) is 8.47. The maximum atomic E-state index is 12.5. The molecule has 0 aromatic heterocycles. The number of methoxy groups -OCH3 is 1. The zero-order valence-electron chi connectivity index (χ0n) is 16.6. The van der Waals surface area contributed by atoms with E-state index in [2.05, 4.69) is 10.6 Å². The van der Waals surface area contributed by atoms with Crippen LogP contribution in [0, 0.1) is 0 Å². The number of ether oxygens (including phenoxy) is 1. The quantitative estimate of drug-likeness (QED) is 0.378. The largest absolute Gasteiger partial charge is 0.497 e. The van der Waals surface area contributed by atoms with Crippen LogP contribution in [0.2, 0.25) is 0 Å². The van der Waals surface area contributed by atoms with Gasteiger partial charge < -0.3 is 25.4 Å². The molecule has 0 unspecified atom stereocenters. The molecule has 31 heavy (non-hydrogen) atoms. The Labute approximate surface area is 179 Å². The van der Waals surface area contributed by atoms with E-state index in [9.17, 15) is 19.6 Å². The number of benzene rings is 3. The molecule has 1 aliphatic heterocycles. The number of carbonyl (C=O) groups is 2. The van der Waals surface area contributed by atoms with E-state index in [1.807, 2.05) is 6.07 Å².